The Morgan fingerprint density at radius 3 is 2.71 bits per heavy atom. The molecule has 4 aliphatic heterocycles. The largest absolute Gasteiger partial charge is 0.490 e. The summed E-state index contributed by atoms with van der Waals surface area (Å²) in [5.74, 6) is 6.05. The number of rotatable bonds is 5. The molecule has 304 valence electrons. The Labute approximate surface area is 340 Å². The Hall–Kier alpha value is -2.56. The maximum Gasteiger partial charge on any atom is 0.262 e. The Morgan fingerprint density at radius 2 is 1.89 bits per heavy atom. The van der Waals surface area contributed by atoms with E-state index in [1.807, 2.05) is 31.2 Å². The van der Waals surface area contributed by atoms with Crippen molar-refractivity contribution in [2.24, 2.45) is 23.7 Å². The average molecular weight is 804 g/mol. The maximum atomic E-state index is 14.2. The molecule has 8 nitrogen and oxygen atoms in total. The van der Waals surface area contributed by atoms with Crippen LogP contribution in [0, 0.1) is 23.7 Å². The molecule has 1 N–H and O–H groups in total. The van der Waals surface area contributed by atoms with E-state index in [4.69, 9.17) is 21.1 Å². The first-order valence-electron chi connectivity index (χ1n) is 21.8. The van der Waals surface area contributed by atoms with Crippen LogP contribution < -0.4 is 14.4 Å². The first-order chi connectivity index (χ1) is 27.0. The Kier molecular flexibility index (Phi) is 10.8. The molecule has 1 amide bonds. The number of piperidine rings is 1. The van der Waals surface area contributed by atoms with Crippen molar-refractivity contribution in [3.05, 3.63) is 70.3 Å². The highest BCUT2D eigenvalue weighted by Gasteiger charge is 2.51. The van der Waals surface area contributed by atoms with E-state index in [1.54, 1.807) is 0 Å². The zero-order valence-corrected chi connectivity index (χ0v) is 35.3. The van der Waals surface area contributed by atoms with Gasteiger partial charge in [0.05, 0.1) is 28.6 Å². The predicted molar refractivity (Wildman–Crippen MR) is 229 cm³/mol. The number of hydrogen-bond acceptors (Lipinski definition) is 7. The lowest BCUT2D eigenvalue weighted by Crippen LogP contribution is -2.61. The van der Waals surface area contributed by atoms with Crippen LogP contribution in [0.3, 0.4) is 0 Å². The van der Waals surface area contributed by atoms with Crippen LogP contribution in [0.25, 0.3) is 0 Å². The molecule has 2 saturated carbocycles. The average Bonchev–Trinajstić information content (AvgIpc) is 4.02. The molecule has 2 aromatic carbocycles. The minimum Gasteiger partial charge on any atom is -0.490 e. The summed E-state index contributed by atoms with van der Waals surface area (Å²) in [6.45, 7) is 12.6. The Morgan fingerprint density at radius 1 is 1.02 bits per heavy atom. The van der Waals surface area contributed by atoms with E-state index < -0.39 is 15.3 Å². The van der Waals surface area contributed by atoms with Crippen molar-refractivity contribution in [1.82, 2.24) is 14.5 Å². The molecule has 3 aliphatic carbocycles. The van der Waals surface area contributed by atoms with E-state index in [9.17, 15) is 9.00 Å². The number of hydrogen-bond donors (Lipinski definition) is 1. The summed E-state index contributed by atoms with van der Waals surface area (Å²) in [6, 6.07) is 12.8. The summed E-state index contributed by atoms with van der Waals surface area (Å²) >= 11 is 6.57. The monoisotopic (exact) mass is 802 g/mol. The minimum atomic E-state index is -2.95. The normalized spacial score (nSPS) is 37.2. The third-order valence-electron chi connectivity index (χ3n) is 15.1. The zero-order chi connectivity index (χ0) is 38.7. The van der Waals surface area contributed by atoms with Crippen LogP contribution in [0.15, 0.2) is 48.6 Å². The van der Waals surface area contributed by atoms with Crippen molar-refractivity contribution in [1.29, 1.82) is 0 Å². The second kappa shape index (κ2) is 15.6. The van der Waals surface area contributed by atoms with Crippen LogP contribution in [-0.4, -0.2) is 102 Å². The van der Waals surface area contributed by atoms with E-state index >= 15 is 0 Å². The number of piperazine rings is 1. The number of benzene rings is 2. The number of amides is 1. The summed E-state index contributed by atoms with van der Waals surface area (Å²) in [5, 5.41) is 0.463. The lowest BCUT2D eigenvalue weighted by Gasteiger charge is -2.53. The van der Waals surface area contributed by atoms with Crippen LogP contribution in [-0.2, 0) is 26.3 Å². The SMILES string of the molecule is C=S1(=O)NC(=O)c2ccc3c(c2)N(C[C@@H]2CC[C@H]2[C@](CN2CCN4CCCC[C@@H]4C2)(OCC2CC2)/C=C/C[C@H](C)[C@H]1C)C[C@@]1(CCCc2cc(Cl)ccc21)CO3. The Bertz CT molecular complexity index is 1930. The van der Waals surface area contributed by atoms with E-state index in [0.717, 1.165) is 101 Å². The molecule has 0 radical (unpaired) electrons. The molecule has 1 unspecified atom stereocenters. The van der Waals surface area contributed by atoms with Crippen LogP contribution in [0.4, 0.5) is 5.69 Å². The molecular formula is C46H63ClN4O4S. The number of carbonyl (C=O) groups is 1. The van der Waals surface area contributed by atoms with Gasteiger partial charge in [0.2, 0.25) is 0 Å². The predicted octanol–water partition coefficient (Wildman–Crippen LogP) is 7.52. The van der Waals surface area contributed by atoms with Gasteiger partial charge in [0.15, 0.2) is 0 Å². The molecule has 8 atom stereocenters. The lowest BCUT2D eigenvalue weighted by atomic mass is 9.63. The number of aryl methyl sites for hydroxylation is 1. The Balaban J connectivity index is 1.12. The number of fused-ring (bicyclic) bond motifs is 5. The number of nitrogens with one attached hydrogen (secondary N) is 1. The molecule has 4 fully saturated rings. The standard InChI is InChI=1S/C46H63ClN4O4S/c1-32-8-6-20-46(55-28-34-11-12-34,30-49-22-23-50-21-5-4-10-39(50)27-49)41-16-13-37(41)26-51-29-45(19-7-9-35-24-38(47)15-17-40(35)45)31-54-43-18-14-36(25-42(43)51)44(52)48-56(3,53)33(32)2/h6,14-15,17-18,20,24-25,32-34,37,39,41H,3-5,7-13,16,19,21-23,26-31H2,1-2H3,(H,48,52,53)/b20-6+/t32-,33+,37-,39+,41+,45-,46-,56?/m0/s1. The molecule has 2 bridgehead atoms. The van der Waals surface area contributed by atoms with Gasteiger partial charge in [-0.25, -0.2) is 4.21 Å². The highest BCUT2D eigenvalue weighted by Crippen LogP contribution is 2.50. The summed E-state index contributed by atoms with van der Waals surface area (Å²) in [4.78, 5) is 21.9. The van der Waals surface area contributed by atoms with Gasteiger partial charge in [-0.1, -0.05) is 43.2 Å². The topological polar surface area (TPSA) is 74.4 Å². The van der Waals surface area contributed by atoms with Crippen molar-refractivity contribution in [2.75, 3.05) is 63.9 Å². The van der Waals surface area contributed by atoms with Crippen LogP contribution in [0.5, 0.6) is 5.75 Å². The summed E-state index contributed by atoms with van der Waals surface area (Å²) < 4.78 is 31.3. The highest BCUT2D eigenvalue weighted by atomic mass is 35.5. The fraction of sp³-hybridized carbons (Fsp3) is 0.652. The fourth-order valence-corrected chi connectivity index (χ4v) is 12.8. The molecule has 1 spiro atoms. The molecule has 7 aliphatic rings. The fourth-order valence-electron chi connectivity index (χ4n) is 11.1. The lowest BCUT2D eigenvalue weighted by molar-refractivity contribution is -0.122. The van der Waals surface area contributed by atoms with Gasteiger partial charge in [-0.2, -0.15) is 0 Å². The van der Waals surface area contributed by atoms with E-state index in [-0.39, 0.29) is 22.5 Å². The van der Waals surface area contributed by atoms with Crippen molar-refractivity contribution in [3.8, 4) is 5.75 Å². The number of halogens is 1. The van der Waals surface area contributed by atoms with Gasteiger partial charge in [-0.05, 0) is 149 Å². The molecule has 56 heavy (non-hydrogen) atoms. The first-order valence-corrected chi connectivity index (χ1v) is 23.9. The number of ether oxygens (including phenoxy) is 2. The van der Waals surface area contributed by atoms with Crippen molar-refractivity contribution in [2.45, 2.75) is 107 Å². The summed E-state index contributed by atoms with van der Waals surface area (Å²) in [6.07, 6.45) is 17.4. The highest BCUT2D eigenvalue weighted by molar-refractivity contribution is 7.99. The van der Waals surface area contributed by atoms with Crippen molar-refractivity contribution < 1.29 is 18.5 Å². The molecule has 9 rings (SSSR count). The smallest absolute Gasteiger partial charge is 0.262 e. The van der Waals surface area contributed by atoms with Gasteiger partial charge < -0.3 is 14.4 Å². The first kappa shape index (κ1) is 38.9. The maximum absolute atomic E-state index is 14.2. The van der Waals surface area contributed by atoms with Gasteiger partial charge in [-0.15, -0.1) is 0 Å². The van der Waals surface area contributed by atoms with Crippen LogP contribution >= 0.6 is 11.6 Å². The zero-order valence-electron chi connectivity index (χ0n) is 33.7. The summed E-state index contributed by atoms with van der Waals surface area (Å²) in [7, 11) is -2.95. The quantitative estimate of drug-likeness (QED) is 0.248. The number of allylic oxidation sites excluding steroid dienone is 1. The molecule has 10 heteroatoms. The van der Waals surface area contributed by atoms with Gasteiger partial charge in [0.1, 0.15) is 11.4 Å². The molecule has 2 aromatic rings. The molecule has 0 aromatic heterocycles. The number of carbonyl (C=O) groups excluding carboxylic acids is 1. The second-order valence-corrected chi connectivity index (χ2v) is 21.7. The number of anilines is 1. The van der Waals surface area contributed by atoms with Crippen LogP contribution in [0.1, 0.15) is 99.5 Å². The van der Waals surface area contributed by atoms with E-state index in [2.05, 4.69) is 56.5 Å². The minimum absolute atomic E-state index is 0.0499. The van der Waals surface area contributed by atoms with Gasteiger partial charge in [-0.3, -0.25) is 19.3 Å². The van der Waals surface area contributed by atoms with Gasteiger partial charge in [0.25, 0.3) is 5.91 Å². The third-order valence-corrected chi connectivity index (χ3v) is 17.5. The van der Waals surface area contributed by atoms with Crippen LogP contribution in [0.2, 0.25) is 5.02 Å². The second-order valence-electron chi connectivity index (χ2n) is 18.8. The van der Waals surface area contributed by atoms with Gasteiger partial charge >= 0.3 is 0 Å². The van der Waals surface area contributed by atoms with E-state index in [1.165, 1.54) is 49.8 Å². The summed E-state index contributed by atoms with van der Waals surface area (Å²) in [5.41, 5.74) is 3.45. The van der Waals surface area contributed by atoms with E-state index in [0.29, 0.717) is 36.0 Å². The molecular weight excluding hydrogens is 740 g/mol. The van der Waals surface area contributed by atoms with Crippen molar-refractivity contribution >= 4 is 38.8 Å². The third kappa shape index (κ3) is 7.69. The molecule has 2 saturated heterocycles. The number of nitrogens with zero attached hydrogens (tertiary/aromatic N) is 3. The van der Waals surface area contributed by atoms with Crippen molar-refractivity contribution in [3.63, 3.8) is 0 Å². The van der Waals surface area contributed by atoms with Gasteiger partial charge in [0, 0.05) is 66.6 Å². The molecule has 4 heterocycles.